The largest absolute Gasteiger partial charge is 0.357 e. The van der Waals surface area contributed by atoms with Gasteiger partial charge >= 0.3 is 0 Å². The van der Waals surface area contributed by atoms with Gasteiger partial charge in [0.25, 0.3) is 0 Å². The number of fused-ring (bicyclic) bond motifs is 5. The second kappa shape index (κ2) is 11.2. The number of halogens is 1. The summed E-state index contributed by atoms with van der Waals surface area (Å²) < 4.78 is 12.8. The van der Waals surface area contributed by atoms with Crippen LogP contribution in [0.5, 0.6) is 5.75 Å². The summed E-state index contributed by atoms with van der Waals surface area (Å²) in [5.41, 5.74) is 3.41. The van der Waals surface area contributed by atoms with Crippen LogP contribution in [0, 0.1) is 40.4 Å². The molecule has 4 unspecified atom stereocenters. The SMILES string of the molecule is CC[C@H]1OC(O[C@H]2CC[C@@]3(C)C(=CCC4C3CC[C@@]3(C)C4CC[C@@H]3/C(C)=N/Oc3cccc(Cl)c3)C2)C=C[C@@H]1C. The molecule has 1 aromatic rings. The van der Waals surface area contributed by atoms with Crippen molar-refractivity contribution in [2.45, 2.75) is 111 Å². The average Bonchev–Trinajstić information content (AvgIpc) is 3.30. The molecule has 3 fully saturated rings. The van der Waals surface area contributed by atoms with Crippen LogP contribution in [0.3, 0.4) is 0 Å². The van der Waals surface area contributed by atoms with Crippen LogP contribution in [0.15, 0.2) is 53.2 Å². The predicted molar refractivity (Wildman–Crippen MR) is 163 cm³/mol. The van der Waals surface area contributed by atoms with Gasteiger partial charge in [-0.15, -0.1) is 0 Å². The van der Waals surface area contributed by atoms with E-state index in [1.54, 1.807) is 5.57 Å². The number of oxime groups is 1. The third-order valence-corrected chi connectivity index (χ3v) is 12.1. The van der Waals surface area contributed by atoms with Crippen molar-refractivity contribution in [2.24, 2.45) is 45.6 Å². The van der Waals surface area contributed by atoms with Gasteiger partial charge < -0.3 is 14.3 Å². The van der Waals surface area contributed by atoms with Crippen LogP contribution in [-0.4, -0.2) is 24.2 Å². The van der Waals surface area contributed by atoms with Crippen molar-refractivity contribution in [1.82, 2.24) is 0 Å². The number of allylic oxidation sites excluding steroid dienone is 1. The lowest BCUT2D eigenvalue weighted by atomic mass is 9.47. The maximum Gasteiger partial charge on any atom is 0.177 e. The van der Waals surface area contributed by atoms with E-state index < -0.39 is 0 Å². The molecule has 5 aliphatic rings. The fourth-order valence-corrected chi connectivity index (χ4v) is 9.79. The molecular weight excluding hydrogens is 518 g/mol. The van der Waals surface area contributed by atoms with Gasteiger partial charge in [-0.05, 0) is 112 Å². The van der Waals surface area contributed by atoms with Crippen molar-refractivity contribution < 1.29 is 14.3 Å². The molecule has 4 nitrogen and oxygen atoms in total. The number of hydrogen-bond donors (Lipinski definition) is 0. The molecule has 1 aromatic carbocycles. The highest BCUT2D eigenvalue weighted by Gasteiger charge is 2.59. The zero-order chi connectivity index (χ0) is 28.1. The summed E-state index contributed by atoms with van der Waals surface area (Å²) in [6, 6.07) is 7.52. The van der Waals surface area contributed by atoms with Gasteiger partial charge in [-0.25, -0.2) is 0 Å². The van der Waals surface area contributed by atoms with Crippen LogP contribution < -0.4 is 4.84 Å². The van der Waals surface area contributed by atoms with E-state index in [1.165, 1.54) is 38.5 Å². The lowest BCUT2D eigenvalue weighted by Gasteiger charge is -2.58. The second-order valence-electron chi connectivity index (χ2n) is 13.9. The average molecular weight is 566 g/mol. The Morgan fingerprint density at radius 2 is 1.95 bits per heavy atom. The van der Waals surface area contributed by atoms with Crippen LogP contribution in [0.1, 0.15) is 92.4 Å². The summed E-state index contributed by atoms with van der Waals surface area (Å²) in [5.74, 6) is 3.96. The molecule has 10 atom stereocenters. The van der Waals surface area contributed by atoms with Crippen molar-refractivity contribution in [3.8, 4) is 5.75 Å². The van der Waals surface area contributed by atoms with Crippen molar-refractivity contribution in [3.63, 3.8) is 0 Å². The molecule has 218 valence electrons. The lowest BCUT2D eigenvalue weighted by molar-refractivity contribution is -0.188. The topological polar surface area (TPSA) is 40.0 Å². The van der Waals surface area contributed by atoms with Crippen LogP contribution in [0.2, 0.25) is 5.02 Å². The van der Waals surface area contributed by atoms with Gasteiger partial charge in [0.1, 0.15) is 0 Å². The number of nitrogens with zero attached hydrogens (tertiary/aromatic N) is 1. The van der Waals surface area contributed by atoms with Crippen molar-refractivity contribution in [3.05, 3.63) is 53.1 Å². The molecular formula is C35H48ClNO3. The Labute approximate surface area is 246 Å². The molecule has 0 radical (unpaired) electrons. The number of ether oxygens (including phenoxy) is 2. The molecule has 0 bridgehead atoms. The Morgan fingerprint density at radius 3 is 2.75 bits per heavy atom. The van der Waals surface area contributed by atoms with Crippen molar-refractivity contribution in [1.29, 1.82) is 0 Å². The van der Waals surface area contributed by atoms with E-state index in [0.717, 1.165) is 42.7 Å². The summed E-state index contributed by atoms with van der Waals surface area (Å²) in [5, 5.41) is 5.30. The Kier molecular flexibility index (Phi) is 8.00. The third kappa shape index (κ3) is 5.11. The van der Waals surface area contributed by atoms with E-state index in [4.69, 9.17) is 25.9 Å². The number of rotatable bonds is 6. The minimum atomic E-state index is -0.189. The first-order chi connectivity index (χ1) is 19.2. The Hall–Kier alpha value is -1.62. The van der Waals surface area contributed by atoms with Crippen LogP contribution in [0.25, 0.3) is 0 Å². The van der Waals surface area contributed by atoms with Gasteiger partial charge in [0.05, 0.1) is 17.9 Å². The molecule has 4 aliphatic carbocycles. The van der Waals surface area contributed by atoms with Gasteiger partial charge in [0, 0.05) is 22.9 Å². The van der Waals surface area contributed by atoms with Gasteiger partial charge in [0.15, 0.2) is 12.0 Å². The highest BCUT2D eigenvalue weighted by atomic mass is 35.5. The first-order valence-corrected chi connectivity index (χ1v) is 16.2. The monoisotopic (exact) mass is 565 g/mol. The maximum atomic E-state index is 6.55. The standard InChI is InChI=1S/C35H48ClNO3/c1-6-32-22(2)10-15-33(39-32)38-26-16-18-34(4)24(20-26)11-12-28-30-14-13-29(35(30,5)19-17-31(28)34)23(3)37-40-27-9-7-8-25(36)21-27/h7-11,15,21-22,26,28-33H,6,12-14,16-20H2,1-5H3/b37-23+/t22-,26-,28?,29+,30?,31?,32+,33?,34-,35+/m0/s1. The fraction of sp³-hybridized carbons (Fsp3) is 0.686. The quantitative estimate of drug-likeness (QED) is 0.196. The highest BCUT2D eigenvalue weighted by molar-refractivity contribution is 6.30. The van der Waals surface area contributed by atoms with Gasteiger partial charge in [-0.1, -0.05) is 68.2 Å². The molecule has 40 heavy (non-hydrogen) atoms. The van der Waals surface area contributed by atoms with Crippen LogP contribution >= 0.6 is 11.6 Å². The second-order valence-corrected chi connectivity index (χ2v) is 14.3. The number of hydrogen-bond acceptors (Lipinski definition) is 4. The Morgan fingerprint density at radius 1 is 1.10 bits per heavy atom. The minimum Gasteiger partial charge on any atom is -0.357 e. The van der Waals surface area contributed by atoms with Crippen LogP contribution in [0.4, 0.5) is 0 Å². The normalized spacial score (nSPS) is 43.0. The van der Waals surface area contributed by atoms with E-state index >= 15 is 0 Å². The smallest absolute Gasteiger partial charge is 0.177 e. The summed E-state index contributed by atoms with van der Waals surface area (Å²) in [7, 11) is 0. The van der Waals surface area contributed by atoms with Gasteiger partial charge in [-0.3, -0.25) is 0 Å². The predicted octanol–water partition coefficient (Wildman–Crippen LogP) is 9.39. The molecule has 1 aliphatic heterocycles. The van der Waals surface area contributed by atoms with E-state index in [9.17, 15) is 0 Å². The van der Waals surface area contributed by atoms with Gasteiger partial charge in [-0.2, -0.15) is 0 Å². The van der Waals surface area contributed by atoms with E-state index in [0.29, 0.717) is 33.4 Å². The van der Waals surface area contributed by atoms with Crippen LogP contribution in [-0.2, 0) is 9.47 Å². The van der Waals surface area contributed by atoms with Crippen molar-refractivity contribution in [2.75, 3.05) is 0 Å². The summed E-state index contributed by atoms with van der Waals surface area (Å²) in [4.78, 5) is 5.83. The summed E-state index contributed by atoms with van der Waals surface area (Å²) in [6.45, 7) is 11.7. The Balaban J connectivity index is 1.13. The summed E-state index contributed by atoms with van der Waals surface area (Å²) >= 11 is 6.14. The summed E-state index contributed by atoms with van der Waals surface area (Å²) in [6.07, 6.45) is 18.2. The molecule has 0 amide bonds. The third-order valence-electron chi connectivity index (χ3n) is 11.9. The maximum absolute atomic E-state index is 6.55. The molecule has 6 rings (SSSR count). The molecule has 0 spiro atoms. The molecule has 5 heteroatoms. The number of benzene rings is 1. The molecule has 0 N–H and O–H groups in total. The van der Waals surface area contributed by atoms with E-state index in [2.05, 4.69) is 58.0 Å². The van der Waals surface area contributed by atoms with Crippen molar-refractivity contribution >= 4 is 17.3 Å². The fourth-order valence-electron chi connectivity index (χ4n) is 9.61. The Bertz CT molecular complexity index is 1180. The highest BCUT2D eigenvalue weighted by Crippen LogP contribution is 2.66. The van der Waals surface area contributed by atoms with E-state index in [1.807, 2.05) is 24.3 Å². The molecule has 1 heterocycles. The zero-order valence-electron chi connectivity index (χ0n) is 25.1. The molecule has 0 saturated heterocycles. The minimum absolute atomic E-state index is 0.189. The van der Waals surface area contributed by atoms with Gasteiger partial charge in [0.2, 0.25) is 0 Å². The van der Waals surface area contributed by atoms with E-state index in [-0.39, 0.29) is 18.5 Å². The first kappa shape index (κ1) is 28.5. The first-order valence-electron chi connectivity index (χ1n) is 15.9. The molecule has 3 saturated carbocycles. The molecule has 0 aromatic heterocycles. The zero-order valence-corrected chi connectivity index (χ0v) is 25.8. The lowest BCUT2D eigenvalue weighted by Crippen LogP contribution is -2.51.